The van der Waals surface area contributed by atoms with Gasteiger partial charge in [-0.15, -0.1) is 0 Å². The summed E-state index contributed by atoms with van der Waals surface area (Å²) in [6, 6.07) is 7.69. The predicted octanol–water partition coefficient (Wildman–Crippen LogP) is 3.86. The average molecular weight is 264 g/mol. The Hall–Kier alpha value is -1.74. The van der Waals surface area contributed by atoms with E-state index in [1.807, 2.05) is 0 Å². The molecule has 2 rings (SSSR count). The number of halogens is 2. The van der Waals surface area contributed by atoms with E-state index in [9.17, 15) is 9.18 Å². The van der Waals surface area contributed by atoms with E-state index in [-0.39, 0.29) is 16.4 Å². The Morgan fingerprint density at radius 3 is 2.56 bits per heavy atom. The van der Waals surface area contributed by atoms with Crippen LogP contribution in [0.5, 0.6) is 0 Å². The molecule has 2 aromatic rings. The van der Waals surface area contributed by atoms with Crippen molar-refractivity contribution in [3.63, 3.8) is 0 Å². The fourth-order valence-corrected chi connectivity index (χ4v) is 2.01. The Balaban J connectivity index is 2.38. The number of ketones is 1. The van der Waals surface area contributed by atoms with Gasteiger partial charge >= 0.3 is 0 Å². The molecule has 0 spiro atoms. The molecule has 0 radical (unpaired) electrons. The number of pyridine rings is 1. The van der Waals surface area contributed by atoms with Gasteiger partial charge in [0.15, 0.2) is 5.78 Å². The van der Waals surface area contributed by atoms with Gasteiger partial charge in [0, 0.05) is 18.3 Å². The Bertz CT molecular complexity index is 551. The van der Waals surface area contributed by atoms with Gasteiger partial charge in [-0.25, -0.2) is 4.39 Å². The summed E-state index contributed by atoms with van der Waals surface area (Å²) in [6.45, 7) is 1.72. The second-order valence-electron chi connectivity index (χ2n) is 3.96. The van der Waals surface area contributed by atoms with Gasteiger partial charge in [0.2, 0.25) is 0 Å². The lowest BCUT2D eigenvalue weighted by atomic mass is 9.93. The average Bonchev–Trinajstić information content (AvgIpc) is 2.38. The quantitative estimate of drug-likeness (QED) is 0.787. The Morgan fingerprint density at radius 1 is 1.28 bits per heavy atom. The molecule has 0 amide bonds. The highest BCUT2D eigenvalue weighted by molar-refractivity contribution is 6.34. The predicted molar refractivity (Wildman–Crippen MR) is 68.4 cm³/mol. The molecule has 1 atom stereocenters. The fourth-order valence-electron chi connectivity index (χ4n) is 1.75. The molecule has 1 aromatic heterocycles. The minimum Gasteiger partial charge on any atom is -0.293 e. The summed E-state index contributed by atoms with van der Waals surface area (Å²) in [7, 11) is 0. The molecule has 0 saturated carbocycles. The molecule has 18 heavy (non-hydrogen) atoms. The maximum Gasteiger partial charge on any atom is 0.174 e. The maximum atomic E-state index is 13.7. The number of carbonyl (C=O) groups excluding carboxylic acids is 1. The van der Waals surface area contributed by atoms with Crippen molar-refractivity contribution in [2.75, 3.05) is 0 Å². The lowest BCUT2D eigenvalue weighted by Crippen LogP contribution is -2.12. The summed E-state index contributed by atoms with van der Waals surface area (Å²) in [5.74, 6) is -1.37. The van der Waals surface area contributed by atoms with Gasteiger partial charge in [0.25, 0.3) is 0 Å². The Labute approximate surface area is 109 Å². The molecule has 1 unspecified atom stereocenters. The second kappa shape index (κ2) is 5.27. The number of nitrogens with zero attached hydrogens (tertiary/aromatic N) is 1. The molecule has 0 N–H and O–H groups in total. The van der Waals surface area contributed by atoms with Crippen LogP contribution in [0.3, 0.4) is 0 Å². The monoisotopic (exact) mass is 263 g/mol. The lowest BCUT2D eigenvalue weighted by Gasteiger charge is -2.12. The van der Waals surface area contributed by atoms with Crippen molar-refractivity contribution in [2.45, 2.75) is 12.8 Å². The minimum absolute atomic E-state index is 0.0523. The van der Waals surface area contributed by atoms with Crippen molar-refractivity contribution < 1.29 is 9.18 Å². The summed E-state index contributed by atoms with van der Waals surface area (Å²) in [5, 5.41) is 0.140. The number of aromatic nitrogens is 1. The van der Waals surface area contributed by atoms with Gasteiger partial charge in [-0.2, -0.15) is 0 Å². The van der Waals surface area contributed by atoms with E-state index in [4.69, 9.17) is 11.6 Å². The van der Waals surface area contributed by atoms with Crippen LogP contribution in [0.15, 0.2) is 42.7 Å². The van der Waals surface area contributed by atoms with Crippen LogP contribution in [-0.4, -0.2) is 10.8 Å². The largest absolute Gasteiger partial charge is 0.293 e. The SMILES string of the molecule is CC(C(=O)c1c(F)cccc1Cl)c1ccncc1. The van der Waals surface area contributed by atoms with E-state index in [2.05, 4.69) is 4.98 Å². The van der Waals surface area contributed by atoms with Gasteiger partial charge in [0.1, 0.15) is 5.82 Å². The van der Waals surface area contributed by atoms with E-state index in [0.29, 0.717) is 0 Å². The van der Waals surface area contributed by atoms with Crippen LogP contribution in [0.2, 0.25) is 5.02 Å². The molecule has 1 aromatic carbocycles. The maximum absolute atomic E-state index is 13.7. The fraction of sp³-hybridized carbons (Fsp3) is 0.143. The van der Waals surface area contributed by atoms with E-state index in [0.717, 1.165) is 5.56 Å². The standard InChI is InChI=1S/C14H11ClFNO/c1-9(10-5-7-17-8-6-10)14(18)13-11(15)3-2-4-12(13)16/h2-9H,1H3. The van der Waals surface area contributed by atoms with Crippen LogP contribution >= 0.6 is 11.6 Å². The minimum atomic E-state index is -0.589. The molecule has 2 nitrogen and oxygen atoms in total. The first-order valence-electron chi connectivity index (χ1n) is 5.49. The number of hydrogen-bond acceptors (Lipinski definition) is 2. The molecule has 0 bridgehead atoms. The van der Waals surface area contributed by atoms with Crippen LogP contribution in [0.25, 0.3) is 0 Å². The first kappa shape index (κ1) is 12.7. The van der Waals surface area contributed by atoms with Crippen molar-refractivity contribution in [3.05, 3.63) is 64.7 Å². The van der Waals surface area contributed by atoms with E-state index in [1.54, 1.807) is 31.5 Å². The topological polar surface area (TPSA) is 30.0 Å². The number of Topliss-reactive ketones (excluding diaryl/α,β-unsaturated/α-hetero) is 1. The van der Waals surface area contributed by atoms with E-state index < -0.39 is 11.7 Å². The molecule has 0 aliphatic rings. The summed E-state index contributed by atoms with van der Waals surface area (Å²) >= 11 is 5.88. The van der Waals surface area contributed by atoms with Gasteiger partial charge in [-0.05, 0) is 29.8 Å². The van der Waals surface area contributed by atoms with Crippen LogP contribution in [0, 0.1) is 5.82 Å². The van der Waals surface area contributed by atoms with E-state index >= 15 is 0 Å². The van der Waals surface area contributed by atoms with Crippen LogP contribution in [0.1, 0.15) is 28.8 Å². The van der Waals surface area contributed by atoms with E-state index in [1.165, 1.54) is 18.2 Å². The Morgan fingerprint density at radius 2 is 1.94 bits per heavy atom. The highest BCUT2D eigenvalue weighted by atomic mass is 35.5. The molecular formula is C14H11ClFNO. The zero-order valence-corrected chi connectivity index (χ0v) is 10.5. The molecule has 1 heterocycles. The van der Waals surface area contributed by atoms with Gasteiger partial charge in [-0.1, -0.05) is 24.6 Å². The molecule has 0 aliphatic carbocycles. The summed E-state index contributed by atoms with van der Waals surface area (Å²) < 4.78 is 13.7. The van der Waals surface area contributed by atoms with Crippen molar-refractivity contribution in [2.24, 2.45) is 0 Å². The summed E-state index contributed by atoms with van der Waals surface area (Å²) in [5.41, 5.74) is 0.734. The van der Waals surface area contributed by atoms with Crippen molar-refractivity contribution in [1.29, 1.82) is 0 Å². The van der Waals surface area contributed by atoms with Crippen molar-refractivity contribution in [3.8, 4) is 0 Å². The first-order chi connectivity index (χ1) is 8.61. The summed E-state index contributed by atoms with van der Waals surface area (Å²) in [6.07, 6.45) is 3.20. The highest BCUT2D eigenvalue weighted by Crippen LogP contribution is 2.26. The third kappa shape index (κ3) is 2.41. The third-order valence-corrected chi connectivity index (χ3v) is 3.12. The zero-order valence-electron chi connectivity index (χ0n) is 9.73. The first-order valence-corrected chi connectivity index (χ1v) is 5.87. The van der Waals surface area contributed by atoms with Gasteiger partial charge < -0.3 is 0 Å². The number of rotatable bonds is 3. The number of carbonyl (C=O) groups is 1. The molecule has 4 heteroatoms. The number of hydrogen-bond donors (Lipinski definition) is 0. The van der Waals surface area contributed by atoms with Crippen molar-refractivity contribution >= 4 is 17.4 Å². The van der Waals surface area contributed by atoms with Gasteiger partial charge in [0.05, 0.1) is 10.6 Å². The smallest absolute Gasteiger partial charge is 0.174 e. The third-order valence-electron chi connectivity index (χ3n) is 2.81. The van der Waals surface area contributed by atoms with Gasteiger partial charge in [-0.3, -0.25) is 9.78 Å². The molecular weight excluding hydrogens is 253 g/mol. The molecule has 0 aliphatic heterocycles. The second-order valence-corrected chi connectivity index (χ2v) is 4.37. The zero-order chi connectivity index (χ0) is 13.1. The summed E-state index contributed by atoms with van der Waals surface area (Å²) in [4.78, 5) is 16.1. The Kier molecular flexibility index (Phi) is 3.72. The molecule has 0 saturated heterocycles. The molecule has 0 fully saturated rings. The van der Waals surface area contributed by atoms with Crippen LogP contribution in [0.4, 0.5) is 4.39 Å². The van der Waals surface area contributed by atoms with Crippen molar-refractivity contribution in [1.82, 2.24) is 4.98 Å². The molecule has 92 valence electrons. The highest BCUT2D eigenvalue weighted by Gasteiger charge is 2.22. The normalized spacial score (nSPS) is 12.2. The van der Waals surface area contributed by atoms with Crippen LogP contribution < -0.4 is 0 Å². The van der Waals surface area contributed by atoms with Crippen LogP contribution in [-0.2, 0) is 0 Å². The number of benzene rings is 1. The lowest BCUT2D eigenvalue weighted by molar-refractivity contribution is 0.0962.